The predicted octanol–water partition coefficient (Wildman–Crippen LogP) is 2.74. The second-order valence-electron chi connectivity index (χ2n) is 6.75. The maximum absolute atomic E-state index is 5.64. The predicted molar refractivity (Wildman–Crippen MR) is 88.0 cm³/mol. The minimum absolute atomic E-state index is 0.286. The number of rotatable bonds is 6. The molecule has 2 aromatic heterocycles. The van der Waals surface area contributed by atoms with Gasteiger partial charge in [0.15, 0.2) is 0 Å². The lowest BCUT2D eigenvalue weighted by Crippen LogP contribution is -2.29. The number of hydrogen-bond donors (Lipinski definition) is 1. The Kier molecular flexibility index (Phi) is 4.80. The topological polar surface area (TPSA) is 68.8 Å². The molecule has 1 N–H and O–H groups in total. The Bertz CT molecular complexity index is 628. The Morgan fingerprint density at radius 3 is 2.78 bits per heavy atom. The summed E-state index contributed by atoms with van der Waals surface area (Å²) in [6.45, 7) is 6.32. The van der Waals surface area contributed by atoms with Gasteiger partial charge in [-0.2, -0.15) is 5.10 Å². The fraction of sp³-hybridized carbons (Fsp3) is 0.706. The van der Waals surface area contributed by atoms with E-state index >= 15 is 0 Å². The first-order valence-corrected chi connectivity index (χ1v) is 8.63. The average Bonchev–Trinajstić information content (AvgIpc) is 3.22. The van der Waals surface area contributed by atoms with Gasteiger partial charge in [-0.15, -0.1) is 10.2 Å². The SMILES string of the molecule is CCc1nnc(C[C@@H]2CC[C@H](NC(C)c3cc(C)n(C)n3)C2)o1. The van der Waals surface area contributed by atoms with Gasteiger partial charge < -0.3 is 9.73 Å². The van der Waals surface area contributed by atoms with Crippen LogP contribution in [0.15, 0.2) is 10.5 Å². The molecule has 0 spiro atoms. The molecule has 0 aromatic carbocycles. The van der Waals surface area contributed by atoms with Gasteiger partial charge in [-0.3, -0.25) is 4.68 Å². The van der Waals surface area contributed by atoms with E-state index in [-0.39, 0.29) is 6.04 Å². The van der Waals surface area contributed by atoms with E-state index < -0.39 is 0 Å². The fourth-order valence-corrected chi connectivity index (χ4v) is 3.41. The van der Waals surface area contributed by atoms with Crippen LogP contribution in [0.3, 0.4) is 0 Å². The zero-order valence-electron chi connectivity index (χ0n) is 14.5. The first-order chi connectivity index (χ1) is 11.0. The summed E-state index contributed by atoms with van der Waals surface area (Å²) in [5, 5.41) is 16.5. The lowest BCUT2D eigenvalue weighted by Gasteiger charge is -2.18. The summed E-state index contributed by atoms with van der Waals surface area (Å²) in [5.74, 6) is 2.17. The van der Waals surface area contributed by atoms with Crippen LogP contribution in [-0.2, 0) is 19.9 Å². The third kappa shape index (κ3) is 3.80. The van der Waals surface area contributed by atoms with Crippen LogP contribution in [0.1, 0.15) is 62.3 Å². The van der Waals surface area contributed by atoms with Gasteiger partial charge in [-0.1, -0.05) is 6.92 Å². The molecule has 1 saturated carbocycles. The second-order valence-corrected chi connectivity index (χ2v) is 6.75. The quantitative estimate of drug-likeness (QED) is 0.887. The number of nitrogens with zero attached hydrogens (tertiary/aromatic N) is 4. The van der Waals surface area contributed by atoms with Gasteiger partial charge in [-0.05, 0) is 45.1 Å². The molecule has 3 rings (SSSR count). The molecule has 6 heteroatoms. The van der Waals surface area contributed by atoms with Crippen molar-refractivity contribution in [1.29, 1.82) is 0 Å². The molecule has 1 unspecified atom stereocenters. The first kappa shape index (κ1) is 16.2. The lowest BCUT2D eigenvalue weighted by atomic mass is 10.0. The van der Waals surface area contributed by atoms with E-state index in [0.717, 1.165) is 30.3 Å². The molecular formula is C17H27N5O. The van der Waals surface area contributed by atoms with Gasteiger partial charge in [0.25, 0.3) is 0 Å². The Hall–Kier alpha value is -1.69. The minimum atomic E-state index is 0.286. The highest BCUT2D eigenvalue weighted by Crippen LogP contribution is 2.30. The highest BCUT2D eigenvalue weighted by molar-refractivity contribution is 5.12. The van der Waals surface area contributed by atoms with Crippen LogP contribution in [0.4, 0.5) is 0 Å². The van der Waals surface area contributed by atoms with Crippen molar-refractivity contribution in [2.75, 3.05) is 0 Å². The van der Waals surface area contributed by atoms with Gasteiger partial charge in [-0.25, -0.2) is 0 Å². The van der Waals surface area contributed by atoms with Crippen LogP contribution >= 0.6 is 0 Å². The Morgan fingerprint density at radius 1 is 1.35 bits per heavy atom. The van der Waals surface area contributed by atoms with Crippen molar-refractivity contribution in [3.05, 3.63) is 29.2 Å². The highest BCUT2D eigenvalue weighted by atomic mass is 16.4. The smallest absolute Gasteiger partial charge is 0.216 e. The fourth-order valence-electron chi connectivity index (χ4n) is 3.41. The number of aromatic nitrogens is 4. The summed E-state index contributed by atoms with van der Waals surface area (Å²) in [6, 6.07) is 2.99. The minimum Gasteiger partial charge on any atom is -0.425 e. The number of aryl methyl sites for hydroxylation is 3. The molecule has 0 bridgehead atoms. The Balaban J connectivity index is 1.51. The van der Waals surface area contributed by atoms with Crippen LogP contribution in [0, 0.1) is 12.8 Å². The summed E-state index contributed by atoms with van der Waals surface area (Å²) in [7, 11) is 1.99. The zero-order chi connectivity index (χ0) is 16.4. The molecule has 0 amide bonds. The normalized spacial score (nSPS) is 22.6. The molecule has 3 atom stereocenters. The van der Waals surface area contributed by atoms with Crippen LogP contribution in [0.5, 0.6) is 0 Å². The summed E-state index contributed by atoms with van der Waals surface area (Å²) in [4.78, 5) is 0. The van der Waals surface area contributed by atoms with E-state index in [4.69, 9.17) is 4.42 Å². The van der Waals surface area contributed by atoms with Crippen LogP contribution in [0.2, 0.25) is 0 Å². The van der Waals surface area contributed by atoms with Crippen LogP contribution in [-0.4, -0.2) is 26.0 Å². The van der Waals surface area contributed by atoms with E-state index in [1.54, 1.807) is 0 Å². The van der Waals surface area contributed by atoms with Crippen molar-refractivity contribution < 1.29 is 4.42 Å². The zero-order valence-corrected chi connectivity index (χ0v) is 14.5. The summed E-state index contributed by atoms with van der Waals surface area (Å²) in [5.41, 5.74) is 2.32. The highest BCUT2D eigenvalue weighted by Gasteiger charge is 2.27. The number of hydrogen-bond acceptors (Lipinski definition) is 5. The molecule has 126 valence electrons. The van der Waals surface area contributed by atoms with Gasteiger partial charge in [0, 0.05) is 37.7 Å². The van der Waals surface area contributed by atoms with E-state index in [0.29, 0.717) is 12.0 Å². The summed E-state index contributed by atoms with van der Waals surface area (Å²) >= 11 is 0. The summed E-state index contributed by atoms with van der Waals surface area (Å²) < 4.78 is 7.58. The maximum Gasteiger partial charge on any atom is 0.216 e. The molecule has 0 radical (unpaired) electrons. The first-order valence-electron chi connectivity index (χ1n) is 8.63. The molecule has 1 fully saturated rings. The van der Waals surface area contributed by atoms with Crippen molar-refractivity contribution in [2.45, 2.75) is 65.0 Å². The molecule has 6 nitrogen and oxygen atoms in total. The van der Waals surface area contributed by atoms with Gasteiger partial charge in [0.1, 0.15) is 0 Å². The molecule has 23 heavy (non-hydrogen) atoms. The van der Waals surface area contributed by atoms with Gasteiger partial charge in [0.2, 0.25) is 11.8 Å². The summed E-state index contributed by atoms with van der Waals surface area (Å²) in [6.07, 6.45) is 5.30. The molecule has 2 heterocycles. The van der Waals surface area contributed by atoms with Crippen molar-refractivity contribution in [1.82, 2.24) is 25.3 Å². The van der Waals surface area contributed by atoms with Crippen molar-refractivity contribution in [3.63, 3.8) is 0 Å². The van der Waals surface area contributed by atoms with Gasteiger partial charge >= 0.3 is 0 Å². The maximum atomic E-state index is 5.64. The second kappa shape index (κ2) is 6.83. The largest absolute Gasteiger partial charge is 0.425 e. The van der Waals surface area contributed by atoms with E-state index in [2.05, 4.69) is 40.5 Å². The van der Waals surface area contributed by atoms with Crippen LogP contribution in [0.25, 0.3) is 0 Å². The monoisotopic (exact) mass is 317 g/mol. The lowest BCUT2D eigenvalue weighted by molar-refractivity contribution is 0.395. The molecule has 0 saturated heterocycles. The third-order valence-electron chi connectivity index (χ3n) is 4.88. The van der Waals surface area contributed by atoms with Crippen molar-refractivity contribution in [3.8, 4) is 0 Å². The van der Waals surface area contributed by atoms with Gasteiger partial charge in [0.05, 0.1) is 5.69 Å². The van der Waals surface area contributed by atoms with E-state index in [1.807, 2.05) is 18.7 Å². The molecular weight excluding hydrogens is 290 g/mol. The van der Waals surface area contributed by atoms with E-state index in [9.17, 15) is 0 Å². The molecule has 1 aliphatic rings. The van der Waals surface area contributed by atoms with Crippen LogP contribution < -0.4 is 5.32 Å². The van der Waals surface area contributed by atoms with Crippen molar-refractivity contribution in [2.24, 2.45) is 13.0 Å². The molecule has 1 aliphatic carbocycles. The Labute approximate surface area is 137 Å². The van der Waals surface area contributed by atoms with Crippen molar-refractivity contribution >= 4 is 0 Å². The molecule has 2 aromatic rings. The third-order valence-corrected chi connectivity index (χ3v) is 4.88. The van der Waals surface area contributed by atoms with E-state index in [1.165, 1.54) is 25.0 Å². The molecule has 0 aliphatic heterocycles. The average molecular weight is 317 g/mol. The Morgan fingerprint density at radius 2 is 2.13 bits per heavy atom. The standard InChI is InChI=1S/C17H27N5O/c1-5-16-19-20-17(23-16)10-13-6-7-14(9-13)18-12(3)15-8-11(2)22(4)21-15/h8,12-14,18H,5-7,9-10H2,1-4H3/t12?,13-,14+/m1/s1. The number of nitrogens with one attached hydrogen (secondary N) is 1.